The molecular weight excluding hydrogens is 541 g/mol. The molecular formula is C29H33ClFN3O4S. The fraction of sp³-hybridized carbons (Fsp3) is 0.310. The summed E-state index contributed by atoms with van der Waals surface area (Å²) in [5.41, 5.74) is 1.20. The summed E-state index contributed by atoms with van der Waals surface area (Å²) < 4.78 is 41.2. The predicted octanol–water partition coefficient (Wildman–Crippen LogP) is 4.80. The van der Waals surface area contributed by atoms with Crippen LogP contribution in [0.4, 0.5) is 10.1 Å². The minimum atomic E-state index is -3.92. The number of nitrogens with zero attached hydrogens (tertiary/aromatic N) is 2. The molecule has 0 radical (unpaired) electrons. The summed E-state index contributed by atoms with van der Waals surface area (Å²) >= 11 is 6.10. The SMILES string of the molecule is CC[C@@H](C)NC(=O)[C@@H](Cc1ccccc1)N(Cc1ccccc1F)C(=O)CN(c1cccc(Cl)c1)S(C)(=O)=O. The lowest BCUT2D eigenvalue weighted by atomic mass is 10.0. The summed E-state index contributed by atoms with van der Waals surface area (Å²) in [7, 11) is -3.92. The summed E-state index contributed by atoms with van der Waals surface area (Å²) in [6.07, 6.45) is 1.81. The number of benzene rings is 3. The molecule has 0 aromatic heterocycles. The maximum atomic E-state index is 14.8. The monoisotopic (exact) mass is 573 g/mol. The highest BCUT2D eigenvalue weighted by Gasteiger charge is 2.33. The Labute approximate surface area is 234 Å². The molecule has 3 rings (SSSR count). The molecule has 39 heavy (non-hydrogen) atoms. The smallest absolute Gasteiger partial charge is 0.244 e. The van der Waals surface area contributed by atoms with Gasteiger partial charge in [0.15, 0.2) is 0 Å². The van der Waals surface area contributed by atoms with Gasteiger partial charge in [0.25, 0.3) is 0 Å². The van der Waals surface area contributed by atoms with Crippen LogP contribution in [0, 0.1) is 5.82 Å². The van der Waals surface area contributed by atoms with Crippen molar-refractivity contribution in [2.24, 2.45) is 0 Å². The van der Waals surface area contributed by atoms with Crippen LogP contribution in [0.2, 0.25) is 5.02 Å². The van der Waals surface area contributed by atoms with Gasteiger partial charge < -0.3 is 10.2 Å². The molecule has 1 N–H and O–H groups in total. The van der Waals surface area contributed by atoms with E-state index in [0.717, 1.165) is 16.1 Å². The number of carbonyl (C=O) groups is 2. The van der Waals surface area contributed by atoms with Crippen molar-refractivity contribution in [3.05, 3.63) is 101 Å². The maximum Gasteiger partial charge on any atom is 0.244 e. The first-order valence-corrected chi connectivity index (χ1v) is 14.8. The van der Waals surface area contributed by atoms with Gasteiger partial charge in [0.05, 0.1) is 11.9 Å². The van der Waals surface area contributed by atoms with Crippen LogP contribution in [-0.4, -0.2) is 50.0 Å². The lowest BCUT2D eigenvalue weighted by Gasteiger charge is -2.34. The Morgan fingerprint density at radius 1 is 1.00 bits per heavy atom. The summed E-state index contributed by atoms with van der Waals surface area (Å²) in [6.45, 7) is 2.94. The molecule has 0 saturated carbocycles. The van der Waals surface area contributed by atoms with Crippen LogP contribution in [0.25, 0.3) is 0 Å². The number of sulfonamides is 1. The van der Waals surface area contributed by atoms with Crippen molar-refractivity contribution in [2.45, 2.75) is 45.3 Å². The number of rotatable bonds is 12. The Bertz CT molecular complexity index is 1390. The zero-order valence-electron chi connectivity index (χ0n) is 22.2. The Hall–Kier alpha value is -3.43. The second-order valence-electron chi connectivity index (χ2n) is 9.39. The molecule has 0 fully saturated rings. The van der Waals surface area contributed by atoms with Crippen molar-refractivity contribution in [3.8, 4) is 0 Å². The number of hydrogen-bond donors (Lipinski definition) is 1. The van der Waals surface area contributed by atoms with Gasteiger partial charge in [-0.2, -0.15) is 0 Å². The number of hydrogen-bond acceptors (Lipinski definition) is 4. The molecule has 0 unspecified atom stereocenters. The number of amides is 2. The highest BCUT2D eigenvalue weighted by molar-refractivity contribution is 7.92. The van der Waals surface area contributed by atoms with Gasteiger partial charge in [-0.05, 0) is 43.2 Å². The van der Waals surface area contributed by atoms with E-state index >= 15 is 0 Å². The molecule has 2 amide bonds. The van der Waals surface area contributed by atoms with Gasteiger partial charge in [0, 0.05) is 29.6 Å². The Morgan fingerprint density at radius 2 is 1.67 bits per heavy atom. The highest BCUT2D eigenvalue weighted by atomic mass is 35.5. The van der Waals surface area contributed by atoms with Gasteiger partial charge in [0.2, 0.25) is 21.8 Å². The van der Waals surface area contributed by atoms with E-state index in [9.17, 15) is 22.4 Å². The van der Waals surface area contributed by atoms with Crippen LogP contribution in [0.15, 0.2) is 78.9 Å². The van der Waals surface area contributed by atoms with Crippen molar-refractivity contribution >= 4 is 39.1 Å². The van der Waals surface area contributed by atoms with Crippen LogP contribution in [0.5, 0.6) is 0 Å². The zero-order valence-corrected chi connectivity index (χ0v) is 23.8. The highest BCUT2D eigenvalue weighted by Crippen LogP contribution is 2.23. The van der Waals surface area contributed by atoms with Crippen molar-refractivity contribution in [1.82, 2.24) is 10.2 Å². The van der Waals surface area contributed by atoms with E-state index in [1.165, 1.54) is 35.2 Å². The molecule has 7 nitrogen and oxygen atoms in total. The first-order chi connectivity index (χ1) is 18.5. The molecule has 0 heterocycles. The van der Waals surface area contributed by atoms with Gasteiger partial charge in [-0.15, -0.1) is 0 Å². The normalized spacial score (nSPS) is 12.8. The first-order valence-electron chi connectivity index (χ1n) is 12.6. The largest absolute Gasteiger partial charge is 0.352 e. The van der Waals surface area contributed by atoms with Gasteiger partial charge in [-0.25, -0.2) is 12.8 Å². The van der Waals surface area contributed by atoms with Gasteiger partial charge in [-0.1, -0.05) is 73.1 Å². The van der Waals surface area contributed by atoms with Crippen LogP contribution in [-0.2, 0) is 32.6 Å². The summed E-state index contributed by atoms with van der Waals surface area (Å²) in [5.74, 6) is -1.61. The molecule has 0 aliphatic heterocycles. The number of carbonyl (C=O) groups excluding carboxylic acids is 2. The third kappa shape index (κ3) is 8.53. The third-order valence-corrected chi connectivity index (χ3v) is 7.72. The molecule has 3 aromatic rings. The van der Waals surface area contributed by atoms with E-state index < -0.39 is 40.2 Å². The average molecular weight is 574 g/mol. The molecule has 10 heteroatoms. The minimum absolute atomic E-state index is 0.152. The average Bonchev–Trinajstić information content (AvgIpc) is 2.89. The van der Waals surface area contributed by atoms with Crippen LogP contribution in [0.1, 0.15) is 31.4 Å². The van der Waals surface area contributed by atoms with E-state index in [1.807, 2.05) is 44.2 Å². The van der Waals surface area contributed by atoms with E-state index in [-0.39, 0.29) is 30.3 Å². The van der Waals surface area contributed by atoms with Crippen molar-refractivity contribution in [2.75, 3.05) is 17.1 Å². The van der Waals surface area contributed by atoms with Crippen LogP contribution in [0.3, 0.4) is 0 Å². The molecule has 0 spiro atoms. The Kier molecular flexibility index (Phi) is 10.5. The summed E-state index contributed by atoms with van der Waals surface area (Å²) in [6, 6.07) is 20.1. The standard InChI is InChI=1S/C29H33ClFN3O4S/c1-4-21(2)32-29(36)27(17-22-11-6-5-7-12-22)33(19-23-13-8-9-16-26(23)31)28(35)20-34(39(3,37)38)25-15-10-14-24(30)18-25/h5-16,18,21,27H,4,17,19-20H2,1-3H3,(H,32,36)/t21-,27-/m1/s1. The van der Waals surface area contributed by atoms with Crippen LogP contribution >= 0.6 is 11.6 Å². The quantitative estimate of drug-likeness (QED) is 0.337. The van der Waals surface area contributed by atoms with E-state index in [0.29, 0.717) is 11.4 Å². The minimum Gasteiger partial charge on any atom is -0.352 e. The Balaban J connectivity index is 2.07. The number of anilines is 1. The summed E-state index contributed by atoms with van der Waals surface area (Å²) in [5, 5.41) is 3.23. The number of nitrogens with one attached hydrogen (secondary N) is 1. The number of halogens is 2. The molecule has 0 aliphatic carbocycles. The maximum absolute atomic E-state index is 14.8. The zero-order chi connectivity index (χ0) is 28.6. The second kappa shape index (κ2) is 13.6. The fourth-order valence-corrected chi connectivity index (χ4v) is 5.08. The van der Waals surface area contributed by atoms with Gasteiger partial charge >= 0.3 is 0 Å². The fourth-order valence-electron chi connectivity index (χ4n) is 4.05. The molecule has 2 atom stereocenters. The van der Waals surface area contributed by atoms with E-state index in [4.69, 9.17) is 11.6 Å². The molecule has 0 saturated heterocycles. The lowest BCUT2D eigenvalue weighted by molar-refractivity contribution is -0.140. The van der Waals surface area contributed by atoms with Crippen LogP contribution < -0.4 is 9.62 Å². The lowest BCUT2D eigenvalue weighted by Crippen LogP contribution is -2.54. The Morgan fingerprint density at radius 3 is 2.28 bits per heavy atom. The van der Waals surface area contributed by atoms with E-state index in [1.54, 1.807) is 18.2 Å². The van der Waals surface area contributed by atoms with Gasteiger partial charge in [-0.3, -0.25) is 13.9 Å². The van der Waals surface area contributed by atoms with E-state index in [2.05, 4.69) is 5.32 Å². The third-order valence-electron chi connectivity index (χ3n) is 6.35. The molecule has 0 aliphatic rings. The second-order valence-corrected chi connectivity index (χ2v) is 11.7. The molecule has 3 aromatic carbocycles. The molecule has 0 bridgehead atoms. The topological polar surface area (TPSA) is 86.8 Å². The van der Waals surface area contributed by atoms with Gasteiger partial charge in [0.1, 0.15) is 18.4 Å². The first kappa shape index (κ1) is 30.1. The summed E-state index contributed by atoms with van der Waals surface area (Å²) in [4.78, 5) is 28.8. The van der Waals surface area contributed by atoms with Crippen molar-refractivity contribution < 1.29 is 22.4 Å². The van der Waals surface area contributed by atoms with Crippen molar-refractivity contribution in [3.63, 3.8) is 0 Å². The molecule has 208 valence electrons. The van der Waals surface area contributed by atoms with Crippen molar-refractivity contribution in [1.29, 1.82) is 0 Å². The predicted molar refractivity (Wildman–Crippen MR) is 152 cm³/mol.